The molecule has 1 unspecified atom stereocenters. The van der Waals surface area contributed by atoms with Crippen LogP contribution >= 0.6 is 0 Å². The Morgan fingerprint density at radius 1 is 1.16 bits per heavy atom. The summed E-state index contributed by atoms with van der Waals surface area (Å²) in [7, 11) is 0. The van der Waals surface area contributed by atoms with Crippen LogP contribution in [0.2, 0.25) is 0 Å². The summed E-state index contributed by atoms with van der Waals surface area (Å²) in [5.41, 5.74) is 0.961. The van der Waals surface area contributed by atoms with E-state index in [9.17, 15) is 4.79 Å². The van der Waals surface area contributed by atoms with E-state index in [0.717, 1.165) is 25.4 Å². The Morgan fingerprint density at radius 3 is 2.84 bits per heavy atom. The topological polar surface area (TPSA) is 52.2 Å². The number of rotatable bonds is 4. The van der Waals surface area contributed by atoms with Gasteiger partial charge in [0.05, 0.1) is 12.5 Å². The number of amides is 1. The quantitative estimate of drug-likeness (QED) is 0.912. The van der Waals surface area contributed by atoms with Crippen LogP contribution < -0.4 is 0 Å². The number of carbonyl (C=O) groups excluding carboxylic acids is 1. The summed E-state index contributed by atoms with van der Waals surface area (Å²) in [6, 6.07) is 0. The number of aromatic nitrogens is 2. The highest BCUT2D eigenvalue weighted by Gasteiger charge is 2.43. The lowest BCUT2D eigenvalue weighted by atomic mass is 9.79. The van der Waals surface area contributed by atoms with Crippen LogP contribution in [0.1, 0.15) is 68.3 Å². The molecular weight excluding hydrogens is 312 g/mol. The highest BCUT2D eigenvalue weighted by atomic mass is 16.2. The fourth-order valence-electron chi connectivity index (χ4n) is 5.33. The smallest absolute Gasteiger partial charge is 0.271 e. The Balaban J connectivity index is 1.30. The van der Waals surface area contributed by atoms with Gasteiger partial charge >= 0.3 is 0 Å². The van der Waals surface area contributed by atoms with Gasteiger partial charge in [-0.3, -0.25) is 4.79 Å². The van der Waals surface area contributed by atoms with Gasteiger partial charge < -0.3 is 14.8 Å². The van der Waals surface area contributed by atoms with E-state index < -0.39 is 0 Å². The van der Waals surface area contributed by atoms with Crippen molar-refractivity contribution < 1.29 is 4.79 Å². The fourth-order valence-corrected chi connectivity index (χ4v) is 5.33. The van der Waals surface area contributed by atoms with Crippen LogP contribution in [0.5, 0.6) is 0 Å². The van der Waals surface area contributed by atoms with Gasteiger partial charge in [0.2, 0.25) is 0 Å². The van der Waals surface area contributed by atoms with Crippen molar-refractivity contribution in [2.45, 2.75) is 57.8 Å². The molecule has 1 aliphatic carbocycles. The minimum atomic E-state index is 0.119. The van der Waals surface area contributed by atoms with Gasteiger partial charge in [0, 0.05) is 25.0 Å². The average Bonchev–Trinajstić information content (AvgIpc) is 3.31. The van der Waals surface area contributed by atoms with Gasteiger partial charge in [-0.2, -0.15) is 0 Å². The van der Waals surface area contributed by atoms with E-state index in [0.29, 0.717) is 11.1 Å². The molecule has 0 aromatic carbocycles. The van der Waals surface area contributed by atoms with Gasteiger partial charge in [-0.1, -0.05) is 32.1 Å². The molecule has 2 saturated heterocycles. The summed E-state index contributed by atoms with van der Waals surface area (Å²) in [5, 5.41) is 0. The lowest BCUT2D eigenvalue weighted by Crippen LogP contribution is -2.45. The molecule has 25 heavy (non-hydrogen) atoms. The minimum absolute atomic E-state index is 0.119. The first-order valence-corrected chi connectivity index (χ1v) is 10.2. The molecular formula is C20H32N4O. The molecule has 1 N–H and O–H groups in total. The molecule has 1 atom stereocenters. The third-order valence-corrected chi connectivity index (χ3v) is 6.77. The summed E-state index contributed by atoms with van der Waals surface area (Å²) >= 11 is 0. The molecule has 1 aromatic rings. The van der Waals surface area contributed by atoms with E-state index >= 15 is 0 Å². The molecule has 3 heterocycles. The fraction of sp³-hybridized carbons (Fsp3) is 0.800. The van der Waals surface area contributed by atoms with Crippen LogP contribution in [0.15, 0.2) is 12.5 Å². The van der Waals surface area contributed by atoms with Gasteiger partial charge in [-0.05, 0) is 44.7 Å². The maximum Gasteiger partial charge on any atom is 0.271 e. The number of H-pyrrole nitrogens is 1. The molecule has 5 heteroatoms. The van der Waals surface area contributed by atoms with Crippen molar-refractivity contribution in [2.75, 3.05) is 32.7 Å². The summed E-state index contributed by atoms with van der Waals surface area (Å²) in [6.07, 6.45) is 15.6. The Morgan fingerprint density at radius 2 is 2.04 bits per heavy atom. The zero-order chi connectivity index (χ0) is 17.1. The number of hydrogen-bond donors (Lipinski definition) is 1. The molecule has 3 fully saturated rings. The predicted octanol–water partition coefficient (Wildman–Crippen LogP) is 3.31. The Bertz CT molecular complexity index is 566. The third kappa shape index (κ3) is 3.91. The Hall–Kier alpha value is -1.36. The van der Waals surface area contributed by atoms with Crippen molar-refractivity contribution in [1.29, 1.82) is 0 Å². The maximum atomic E-state index is 12.6. The maximum absolute atomic E-state index is 12.6. The standard InChI is InChI=1S/C20H32N4O/c25-19(18-13-21-16-22-18)24-12-9-20(15-24)8-4-10-23(14-20)11-7-17-5-2-1-3-6-17/h13,16-17H,1-12,14-15H2,(H,21,22). The molecule has 2 aliphatic heterocycles. The molecule has 1 amide bonds. The normalized spacial score (nSPS) is 28.7. The van der Waals surface area contributed by atoms with Crippen molar-refractivity contribution in [3.05, 3.63) is 18.2 Å². The average molecular weight is 345 g/mol. The van der Waals surface area contributed by atoms with E-state index in [-0.39, 0.29) is 5.91 Å². The van der Waals surface area contributed by atoms with Crippen molar-refractivity contribution in [3.8, 4) is 0 Å². The summed E-state index contributed by atoms with van der Waals surface area (Å²) < 4.78 is 0. The van der Waals surface area contributed by atoms with E-state index in [1.54, 1.807) is 12.5 Å². The zero-order valence-corrected chi connectivity index (χ0v) is 15.4. The van der Waals surface area contributed by atoms with Crippen LogP contribution in [0.25, 0.3) is 0 Å². The second kappa shape index (κ2) is 7.48. The molecule has 1 aromatic heterocycles. The summed E-state index contributed by atoms with van der Waals surface area (Å²) in [5.74, 6) is 1.09. The second-order valence-corrected chi connectivity index (χ2v) is 8.61. The molecule has 138 valence electrons. The molecule has 1 saturated carbocycles. The monoisotopic (exact) mass is 344 g/mol. The van der Waals surface area contributed by atoms with Crippen LogP contribution in [-0.4, -0.2) is 58.4 Å². The molecule has 4 rings (SSSR count). The van der Waals surface area contributed by atoms with Crippen molar-refractivity contribution in [1.82, 2.24) is 19.8 Å². The van der Waals surface area contributed by atoms with E-state index in [1.165, 1.54) is 71.0 Å². The number of piperidine rings is 1. The highest BCUT2D eigenvalue weighted by molar-refractivity contribution is 5.92. The van der Waals surface area contributed by atoms with Crippen LogP contribution in [0.3, 0.4) is 0 Å². The molecule has 3 aliphatic rings. The van der Waals surface area contributed by atoms with Gasteiger partial charge in [0.25, 0.3) is 5.91 Å². The predicted molar refractivity (Wildman–Crippen MR) is 98.4 cm³/mol. The molecule has 5 nitrogen and oxygen atoms in total. The number of carbonyl (C=O) groups is 1. The number of hydrogen-bond acceptors (Lipinski definition) is 3. The molecule has 0 bridgehead atoms. The van der Waals surface area contributed by atoms with Gasteiger partial charge in [0.1, 0.15) is 5.69 Å². The number of likely N-dealkylation sites (tertiary alicyclic amines) is 2. The van der Waals surface area contributed by atoms with E-state index in [1.807, 2.05) is 4.90 Å². The van der Waals surface area contributed by atoms with E-state index in [4.69, 9.17) is 0 Å². The number of nitrogens with one attached hydrogen (secondary N) is 1. The first-order chi connectivity index (χ1) is 12.2. The largest absolute Gasteiger partial charge is 0.341 e. The van der Waals surface area contributed by atoms with Crippen LogP contribution in [-0.2, 0) is 0 Å². The van der Waals surface area contributed by atoms with E-state index in [2.05, 4.69) is 14.9 Å². The minimum Gasteiger partial charge on any atom is -0.341 e. The lowest BCUT2D eigenvalue weighted by molar-refractivity contribution is 0.0670. The van der Waals surface area contributed by atoms with Crippen LogP contribution in [0.4, 0.5) is 0 Å². The zero-order valence-electron chi connectivity index (χ0n) is 15.4. The molecule has 0 radical (unpaired) electrons. The summed E-state index contributed by atoms with van der Waals surface area (Å²) in [6.45, 7) is 5.52. The highest BCUT2D eigenvalue weighted by Crippen LogP contribution is 2.39. The number of nitrogens with zero attached hydrogens (tertiary/aromatic N) is 3. The first kappa shape index (κ1) is 17.1. The molecule has 1 spiro atoms. The van der Waals surface area contributed by atoms with Crippen LogP contribution in [0, 0.1) is 11.3 Å². The van der Waals surface area contributed by atoms with Gasteiger partial charge in [0.15, 0.2) is 0 Å². The van der Waals surface area contributed by atoms with Crippen molar-refractivity contribution >= 4 is 5.91 Å². The Labute approximate surface area is 151 Å². The Kier molecular flexibility index (Phi) is 5.11. The SMILES string of the molecule is O=C(c1cnc[nH]1)N1CCC2(CCCN(CCC3CCCCC3)C2)C1. The lowest BCUT2D eigenvalue weighted by Gasteiger charge is -2.41. The summed E-state index contributed by atoms with van der Waals surface area (Å²) in [4.78, 5) is 24.3. The second-order valence-electron chi connectivity index (χ2n) is 8.61. The van der Waals surface area contributed by atoms with Crippen molar-refractivity contribution in [2.24, 2.45) is 11.3 Å². The number of imidazole rings is 1. The van der Waals surface area contributed by atoms with Gasteiger partial charge in [-0.15, -0.1) is 0 Å². The number of aromatic amines is 1. The third-order valence-electron chi connectivity index (χ3n) is 6.77. The first-order valence-electron chi connectivity index (χ1n) is 10.2. The van der Waals surface area contributed by atoms with Gasteiger partial charge in [-0.25, -0.2) is 4.98 Å². The van der Waals surface area contributed by atoms with Crippen molar-refractivity contribution in [3.63, 3.8) is 0 Å².